The summed E-state index contributed by atoms with van der Waals surface area (Å²) in [4.78, 5) is 26.9. The number of carbonyl (C=O) groups excluding carboxylic acids is 1. The Kier molecular flexibility index (Phi) is 5.64. The van der Waals surface area contributed by atoms with Crippen molar-refractivity contribution in [2.75, 3.05) is 6.54 Å². The van der Waals surface area contributed by atoms with E-state index in [9.17, 15) is 9.59 Å². The van der Waals surface area contributed by atoms with E-state index in [4.69, 9.17) is 8.83 Å². The van der Waals surface area contributed by atoms with Crippen LogP contribution in [0.2, 0.25) is 0 Å². The Morgan fingerprint density at radius 1 is 1.13 bits per heavy atom. The molecule has 0 bridgehead atoms. The molecule has 1 amide bonds. The highest BCUT2D eigenvalue weighted by atomic mass is 16.4. The Balaban J connectivity index is 1.44. The van der Waals surface area contributed by atoms with Crippen LogP contribution in [0, 0.1) is 0 Å². The molecule has 1 aromatic carbocycles. The molecule has 0 radical (unpaired) electrons. The summed E-state index contributed by atoms with van der Waals surface area (Å²) >= 11 is 0. The molecule has 0 unspecified atom stereocenters. The van der Waals surface area contributed by atoms with Gasteiger partial charge < -0.3 is 13.7 Å². The van der Waals surface area contributed by atoms with Gasteiger partial charge >= 0.3 is 0 Å². The second-order valence-corrected chi connectivity index (χ2v) is 6.68. The second-order valence-electron chi connectivity index (χ2n) is 6.68. The first kappa shape index (κ1) is 19.5. The minimum Gasteiger partial charge on any atom is -0.459 e. The minimum absolute atomic E-state index is 0.103. The van der Waals surface area contributed by atoms with Gasteiger partial charge in [-0.2, -0.15) is 0 Å². The topological polar surface area (TPSA) is 120 Å². The van der Waals surface area contributed by atoms with Gasteiger partial charge in [0.05, 0.1) is 24.7 Å². The van der Waals surface area contributed by atoms with E-state index in [2.05, 4.69) is 20.5 Å². The minimum atomic E-state index is -0.268. The zero-order valence-electron chi connectivity index (χ0n) is 16.4. The van der Waals surface area contributed by atoms with E-state index in [1.54, 1.807) is 41.3 Å². The third-order valence-electron chi connectivity index (χ3n) is 4.54. The molecule has 10 heteroatoms. The van der Waals surface area contributed by atoms with Gasteiger partial charge in [0.2, 0.25) is 11.8 Å². The molecule has 3 aromatic heterocycles. The predicted octanol–water partition coefficient (Wildman–Crippen LogP) is 2.26. The maximum atomic E-state index is 12.8. The van der Waals surface area contributed by atoms with Crippen LogP contribution in [-0.2, 0) is 17.9 Å². The molecule has 0 saturated carbocycles. The van der Waals surface area contributed by atoms with Crippen molar-refractivity contribution in [3.8, 4) is 11.7 Å². The molecule has 0 N–H and O–H groups in total. The van der Waals surface area contributed by atoms with E-state index in [1.807, 2.05) is 6.92 Å². The van der Waals surface area contributed by atoms with E-state index in [0.29, 0.717) is 29.1 Å². The standard InChI is InChI=1S/C20H20N6O4/c1-2-10-25(13-17-22-23-19(30-17)16-8-5-12-29-16)18(27)9-11-26-20(28)14-6-3-4-7-15(14)21-24-26/h3-8,12H,2,9-11,13H2,1H3. The SMILES string of the molecule is CCCN(Cc1nnc(-c2ccco2)o1)C(=O)CCn1nnc2ccccc2c1=O. The van der Waals surface area contributed by atoms with Crippen LogP contribution >= 0.6 is 0 Å². The molecule has 0 fully saturated rings. The van der Waals surface area contributed by atoms with Gasteiger partial charge in [-0.15, -0.1) is 15.3 Å². The summed E-state index contributed by atoms with van der Waals surface area (Å²) in [5, 5.41) is 16.4. The van der Waals surface area contributed by atoms with Crippen LogP contribution in [0.5, 0.6) is 0 Å². The normalized spacial score (nSPS) is 11.1. The molecule has 0 atom stereocenters. The van der Waals surface area contributed by atoms with E-state index >= 15 is 0 Å². The number of hydrogen-bond acceptors (Lipinski definition) is 8. The van der Waals surface area contributed by atoms with Crippen LogP contribution in [0.4, 0.5) is 0 Å². The first-order valence-corrected chi connectivity index (χ1v) is 9.62. The number of rotatable bonds is 8. The van der Waals surface area contributed by atoms with E-state index < -0.39 is 0 Å². The van der Waals surface area contributed by atoms with Crippen molar-refractivity contribution in [1.29, 1.82) is 0 Å². The molecule has 154 valence electrons. The number of aryl methyl sites for hydroxylation is 1. The van der Waals surface area contributed by atoms with Crippen molar-refractivity contribution in [1.82, 2.24) is 30.1 Å². The lowest BCUT2D eigenvalue weighted by atomic mass is 10.2. The quantitative estimate of drug-likeness (QED) is 0.435. The molecule has 0 aliphatic rings. The fraction of sp³-hybridized carbons (Fsp3) is 0.300. The van der Waals surface area contributed by atoms with Crippen LogP contribution in [0.1, 0.15) is 25.7 Å². The highest BCUT2D eigenvalue weighted by Crippen LogP contribution is 2.18. The Hall–Kier alpha value is -3.82. The molecule has 10 nitrogen and oxygen atoms in total. The average molecular weight is 408 g/mol. The monoisotopic (exact) mass is 408 g/mol. The van der Waals surface area contributed by atoms with Gasteiger partial charge in [-0.25, -0.2) is 4.68 Å². The maximum absolute atomic E-state index is 12.8. The molecule has 4 aromatic rings. The summed E-state index contributed by atoms with van der Waals surface area (Å²) in [6.07, 6.45) is 2.39. The Morgan fingerprint density at radius 2 is 2.00 bits per heavy atom. The Labute approximate surface area is 171 Å². The zero-order chi connectivity index (χ0) is 20.9. The predicted molar refractivity (Wildman–Crippen MR) is 106 cm³/mol. The highest BCUT2D eigenvalue weighted by Gasteiger charge is 2.19. The molecule has 3 heterocycles. The highest BCUT2D eigenvalue weighted by molar-refractivity contribution is 5.77. The van der Waals surface area contributed by atoms with Gasteiger partial charge in [0, 0.05) is 13.0 Å². The maximum Gasteiger partial charge on any atom is 0.283 e. The Bertz CT molecular complexity index is 1200. The van der Waals surface area contributed by atoms with Crippen LogP contribution in [0.15, 0.2) is 56.3 Å². The molecule has 0 saturated heterocycles. The van der Waals surface area contributed by atoms with E-state index in [1.165, 1.54) is 10.9 Å². The molecular weight excluding hydrogens is 388 g/mol. The number of aromatic nitrogens is 5. The van der Waals surface area contributed by atoms with Crippen LogP contribution in [0.25, 0.3) is 22.6 Å². The van der Waals surface area contributed by atoms with Gasteiger partial charge in [-0.05, 0) is 30.7 Å². The number of benzene rings is 1. The molecule has 0 aliphatic heterocycles. The average Bonchev–Trinajstić information content (AvgIpc) is 3.45. The number of hydrogen-bond donors (Lipinski definition) is 0. The van der Waals surface area contributed by atoms with Gasteiger partial charge in [-0.3, -0.25) is 9.59 Å². The fourth-order valence-electron chi connectivity index (χ4n) is 3.07. The largest absolute Gasteiger partial charge is 0.459 e. The molecular formula is C20H20N6O4. The summed E-state index contributed by atoms with van der Waals surface area (Å²) < 4.78 is 12.1. The second kappa shape index (κ2) is 8.68. The van der Waals surface area contributed by atoms with Crippen molar-refractivity contribution >= 4 is 16.8 Å². The van der Waals surface area contributed by atoms with Gasteiger partial charge in [0.15, 0.2) is 5.76 Å². The summed E-state index contributed by atoms with van der Waals surface area (Å²) in [5.41, 5.74) is 0.261. The third-order valence-corrected chi connectivity index (χ3v) is 4.54. The Morgan fingerprint density at radius 3 is 2.80 bits per heavy atom. The lowest BCUT2D eigenvalue weighted by molar-refractivity contribution is -0.132. The van der Waals surface area contributed by atoms with E-state index in [0.717, 1.165) is 6.42 Å². The fourth-order valence-corrected chi connectivity index (χ4v) is 3.07. The van der Waals surface area contributed by atoms with Crippen LogP contribution in [-0.4, -0.2) is 42.5 Å². The van der Waals surface area contributed by atoms with Crippen LogP contribution in [0.3, 0.4) is 0 Å². The van der Waals surface area contributed by atoms with Crippen molar-refractivity contribution in [3.05, 3.63) is 58.9 Å². The third kappa shape index (κ3) is 4.12. The van der Waals surface area contributed by atoms with Crippen molar-refractivity contribution in [2.24, 2.45) is 0 Å². The van der Waals surface area contributed by atoms with Gasteiger partial charge in [0.1, 0.15) is 5.52 Å². The lowest BCUT2D eigenvalue weighted by Crippen LogP contribution is -2.33. The van der Waals surface area contributed by atoms with E-state index in [-0.39, 0.29) is 36.9 Å². The van der Waals surface area contributed by atoms with Crippen LogP contribution < -0.4 is 5.56 Å². The number of amides is 1. The lowest BCUT2D eigenvalue weighted by Gasteiger charge is -2.20. The first-order chi connectivity index (χ1) is 14.7. The van der Waals surface area contributed by atoms with Gasteiger partial charge in [0.25, 0.3) is 11.4 Å². The number of furan rings is 1. The molecule has 30 heavy (non-hydrogen) atoms. The molecule has 4 rings (SSSR count). The van der Waals surface area contributed by atoms with Crippen molar-refractivity contribution in [2.45, 2.75) is 32.9 Å². The molecule has 0 aliphatic carbocycles. The smallest absolute Gasteiger partial charge is 0.283 e. The summed E-state index contributed by atoms with van der Waals surface area (Å²) in [7, 11) is 0. The molecule has 0 spiro atoms. The van der Waals surface area contributed by atoms with Gasteiger partial charge in [-0.1, -0.05) is 24.3 Å². The van der Waals surface area contributed by atoms with Crippen molar-refractivity contribution < 1.29 is 13.6 Å². The van der Waals surface area contributed by atoms with Crippen molar-refractivity contribution in [3.63, 3.8) is 0 Å². The summed E-state index contributed by atoms with van der Waals surface area (Å²) in [6.45, 7) is 2.81. The summed E-state index contributed by atoms with van der Waals surface area (Å²) in [6, 6.07) is 10.4. The number of carbonyl (C=O) groups is 1. The first-order valence-electron chi connectivity index (χ1n) is 9.62. The number of nitrogens with zero attached hydrogens (tertiary/aromatic N) is 6. The number of fused-ring (bicyclic) bond motifs is 1. The zero-order valence-corrected chi connectivity index (χ0v) is 16.4. The summed E-state index contributed by atoms with van der Waals surface area (Å²) in [5.74, 6) is 0.899.